The van der Waals surface area contributed by atoms with Crippen molar-refractivity contribution in [1.29, 1.82) is 0 Å². The molecule has 242 valence electrons. The average molecular weight is 640 g/mol. The van der Waals surface area contributed by atoms with E-state index in [1.807, 2.05) is 0 Å². The predicted octanol–water partition coefficient (Wildman–Crippen LogP) is 2.66. The highest BCUT2D eigenvalue weighted by molar-refractivity contribution is 5.89. The summed E-state index contributed by atoms with van der Waals surface area (Å²) in [6.45, 7) is -0.537. The van der Waals surface area contributed by atoms with Gasteiger partial charge in [0.25, 0.3) is 0 Å². The van der Waals surface area contributed by atoms with Crippen LogP contribution >= 0.6 is 0 Å². The summed E-state index contributed by atoms with van der Waals surface area (Å²) in [6, 6.07) is 12.5. The molecule has 1 aromatic heterocycles. The molecule has 5 atom stereocenters. The lowest BCUT2D eigenvalue weighted by Gasteiger charge is -2.39. The van der Waals surface area contributed by atoms with Gasteiger partial charge < -0.3 is 59.4 Å². The summed E-state index contributed by atoms with van der Waals surface area (Å²) < 4.78 is 33.4. The number of aromatic hydroxyl groups is 4. The van der Waals surface area contributed by atoms with Crippen molar-refractivity contribution in [3.63, 3.8) is 0 Å². The number of aliphatic hydroxyl groups is 3. The Bertz CT molecular complexity index is 1730. The second-order valence-corrected chi connectivity index (χ2v) is 10.2. The Morgan fingerprint density at radius 3 is 2.17 bits per heavy atom. The molecule has 5 rings (SSSR count). The highest BCUT2D eigenvalue weighted by Gasteiger charge is 2.46. The van der Waals surface area contributed by atoms with E-state index in [9.17, 15) is 40.5 Å². The third kappa shape index (κ3) is 6.69. The third-order valence-corrected chi connectivity index (χ3v) is 7.16. The summed E-state index contributed by atoms with van der Waals surface area (Å²) in [5, 5.41) is 72.4. The zero-order valence-electron chi connectivity index (χ0n) is 24.4. The van der Waals surface area contributed by atoms with Gasteiger partial charge in [-0.05, 0) is 23.8 Å². The summed E-state index contributed by atoms with van der Waals surface area (Å²) in [4.78, 5) is 12.3. The van der Waals surface area contributed by atoms with E-state index in [2.05, 4.69) is 0 Å². The highest BCUT2D eigenvalue weighted by atomic mass is 16.7. The van der Waals surface area contributed by atoms with Gasteiger partial charge in [-0.1, -0.05) is 12.1 Å². The van der Waals surface area contributed by atoms with Gasteiger partial charge in [-0.3, -0.25) is 0 Å². The van der Waals surface area contributed by atoms with Gasteiger partial charge in [-0.15, -0.1) is 0 Å². The van der Waals surface area contributed by atoms with Crippen LogP contribution in [0.5, 0.6) is 40.2 Å². The molecule has 0 radical (unpaired) electrons. The van der Waals surface area contributed by atoms with Crippen LogP contribution in [0, 0.1) is 0 Å². The van der Waals surface area contributed by atoms with Gasteiger partial charge in [0.15, 0.2) is 11.5 Å². The van der Waals surface area contributed by atoms with E-state index in [0.717, 1.165) is 12.1 Å². The summed E-state index contributed by atoms with van der Waals surface area (Å²) >= 11 is 0. The van der Waals surface area contributed by atoms with Crippen molar-refractivity contribution in [1.82, 2.24) is 0 Å². The average Bonchev–Trinajstić information content (AvgIpc) is 3.04. The Morgan fingerprint density at radius 2 is 1.52 bits per heavy atom. The first-order valence-corrected chi connectivity index (χ1v) is 13.8. The number of esters is 1. The second kappa shape index (κ2) is 13.4. The molecule has 14 nitrogen and oxygen atoms in total. The van der Waals surface area contributed by atoms with Gasteiger partial charge in [0.1, 0.15) is 53.7 Å². The largest absolute Gasteiger partial charge is 0.508 e. The topological polar surface area (TPSA) is 216 Å². The molecule has 0 amide bonds. The van der Waals surface area contributed by atoms with Gasteiger partial charge in [-0.2, -0.15) is 0 Å². The first kappa shape index (κ1) is 32.1. The molecule has 1 aliphatic rings. The smallest absolute Gasteiger partial charge is 0.402 e. The molecule has 0 saturated carbocycles. The predicted molar refractivity (Wildman–Crippen MR) is 160 cm³/mol. The van der Waals surface area contributed by atoms with Crippen molar-refractivity contribution in [3.05, 3.63) is 66.2 Å². The number of methoxy groups -OCH3 is 2. The van der Waals surface area contributed by atoms with Crippen LogP contribution in [0.25, 0.3) is 28.4 Å². The molecular weight excluding hydrogens is 608 g/mol. The molecular formula is C32H31O14+. The van der Waals surface area contributed by atoms with Crippen LogP contribution in [0.4, 0.5) is 0 Å². The maximum Gasteiger partial charge on any atom is 0.402 e. The van der Waals surface area contributed by atoms with E-state index < -0.39 is 43.3 Å². The second-order valence-electron chi connectivity index (χ2n) is 10.2. The van der Waals surface area contributed by atoms with Gasteiger partial charge in [0.05, 0.1) is 25.8 Å². The van der Waals surface area contributed by atoms with Crippen molar-refractivity contribution < 1.29 is 68.6 Å². The lowest BCUT2D eigenvalue weighted by Crippen LogP contribution is -2.60. The van der Waals surface area contributed by atoms with E-state index in [4.69, 9.17) is 28.1 Å². The molecule has 1 saturated heterocycles. The first-order valence-electron chi connectivity index (χ1n) is 13.8. The van der Waals surface area contributed by atoms with Crippen LogP contribution < -0.4 is 14.2 Å². The highest BCUT2D eigenvalue weighted by Crippen LogP contribution is 2.45. The molecule has 0 aliphatic carbocycles. The molecule has 7 N–H and O–H groups in total. The number of fused-ring (bicyclic) bond motifs is 1. The standard InChI is InChI=1S/C32H30O14/c1-41-22-9-16(10-23(42-2)27(22)37)31-24(13-19-20(35)11-18(34)12-21(19)44-31)45-32-30(40)29(39)28(38)25(46-32)14-43-26(36)8-5-15-3-6-17(33)7-4-15/h3-13,25,28-30,32,38-40H,14H2,1-2H3,(H3-,33,34,35,36,37)/p+1/t25-,28-,29+,30-,32-/m1/s1. The summed E-state index contributed by atoms with van der Waals surface area (Å²) in [6.07, 6.45) is -5.74. The number of ether oxygens (including phenoxy) is 5. The Balaban J connectivity index is 1.44. The fraction of sp³-hybridized carbons (Fsp3) is 0.250. The number of benzene rings is 3. The van der Waals surface area contributed by atoms with Gasteiger partial charge in [-0.25, -0.2) is 9.21 Å². The van der Waals surface area contributed by atoms with Crippen molar-refractivity contribution >= 4 is 23.0 Å². The molecule has 1 fully saturated rings. The van der Waals surface area contributed by atoms with Crippen LogP contribution in [0.15, 0.2) is 65.1 Å². The summed E-state index contributed by atoms with van der Waals surface area (Å²) in [5.41, 5.74) is 0.858. The maximum atomic E-state index is 12.3. The molecule has 3 aromatic carbocycles. The van der Waals surface area contributed by atoms with Crippen LogP contribution in [0.1, 0.15) is 5.56 Å². The van der Waals surface area contributed by atoms with E-state index >= 15 is 0 Å². The lowest BCUT2D eigenvalue weighted by atomic mass is 9.99. The zero-order valence-corrected chi connectivity index (χ0v) is 24.4. The molecule has 46 heavy (non-hydrogen) atoms. The number of aliphatic hydroxyl groups excluding tert-OH is 3. The van der Waals surface area contributed by atoms with Crippen molar-refractivity contribution in [2.75, 3.05) is 20.8 Å². The van der Waals surface area contributed by atoms with E-state index in [-0.39, 0.29) is 62.5 Å². The van der Waals surface area contributed by atoms with E-state index in [1.165, 1.54) is 56.7 Å². The number of phenols is 4. The molecule has 1 aliphatic heterocycles. The number of phenolic OH excluding ortho intramolecular Hbond substituents is 4. The fourth-order valence-electron chi connectivity index (χ4n) is 4.74. The quantitative estimate of drug-likeness (QED) is 0.0796. The maximum absolute atomic E-state index is 12.3. The Hall–Kier alpha value is -5.28. The first-order chi connectivity index (χ1) is 22.0. The number of carbonyl (C=O) groups excluding carboxylic acids is 1. The normalized spacial score (nSPS) is 21.3. The lowest BCUT2D eigenvalue weighted by molar-refractivity contribution is -0.278. The van der Waals surface area contributed by atoms with E-state index in [0.29, 0.717) is 5.56 Å². The minimum Gasteiger partial charge on any atom is -0.508 e. The fourth-order valence-corrected chi connectivity index (χ4v) is 4.74. The SMILES string of the molecule is COc1cc(-c2[o+]c3cc(O)cc(O)c3cc2O[C@@H]2O[C@H](COC(=O)/C=C\c3ccc(O)cc3)[C@@H](O)[C@H](O)[C@H]2O)cc(OC)c1O. The molecule has 0 unspecified atom stereocenters. The molecule has 2 heterocycles. The van der Waals surface area contributed by atoms with Crippen LogP contribution in [-0.2, 0) is 14.3 Å². The Morgan fingerprint density at radius 1 is 0.848 bits per heavy atom. The number of hydrogen-bond donors (Lipinski definition) is 7. The van der Waals surface area contributed by atoms with Crippen LogP contribution in [0.3, 0.4) is 0 Å². The monoisotopic (exact) mass is 639 g/mol. The minimum atomic E-state index is -1.81. The summed E-state index contributed by atoms with van der Waals surface area (Å²) in [7, 11) is 2.64. The molecule has 0 spiro atoms. The van der Waals surface area contributed by atoms with Gasteiger partial charge >= 0.3 is 17.3 Å². The molecule has 14 heteroatoms. The zero-order chi connectivity index (χ0) is 33.1. The number of hydrogen-bond acceptors (Lipinski definition) is 13. The van der Waals surface area contributed by atoms with Crippen LogP contribution in [0.2, 0.25) is 0 Å². The Labute approximate surface area is 261 Å². The van der Waals surface area contributed by atoms with Crippen molar-refractivity contribution in [2.24, 2.45) is 0 Å². The Kier molecular flexibility index (Phi) is 9.34. The molecule has 4 aromatic rings. The van der Waals surface area contributed by atoms with Gasteiger partial charge in [0, 0.05) is 30.3 Å². The van der Waals surface area contributed by atoms with Crippen molar-refractivity contribution in [3.8, 4) is 51.6 Å². The minimum absolute atomic E-state index is 0.00295. The van der Waals surface area contributed by atoms with E-state index in [1.54, 1.807) is 12.1 Å². The number of carbonyl (C=O) groups is 1. The number of rotatable bonds is 9. The van der Waals surface area contributed by atoms with Crippen LogP contribution in [-0.4, -0.2) is 93.2 Å². The summed E-state index contributed by atoms with van der Waals surface area (Å²) in [5.74, 6) is -1.92. The van der Waals surface area contributed by atoms with Gasteiger partial charge in [0.2, 0.25) is 17.8 Å². The van der Waals surface area contributed by atoms with Crippen molar-refractivity contribution in [2.45, 2.75) is 30.7 Å². The molecule has 0 bridgehead atoms. The third-order valence-electron chi connectivity index (χ3n) is 7.16.